The Morgan fingerprint density at radius 2 is 1.81 bits per heavy atom. The first kappa shape index (κ1) is 16.0. The minimum absolute atomic E-state index is 0.0506. The number of hydrogen-bond donors (Lipinski definition) is 1. The number of nitrogens with one attached hydrogen (secondary N) is 1. The van der Waals surface area contributed by atoms with Gasteiger partial charge in [0.15, 0.2) is 0 Å². The smallest absolute Gasteiger partial charge is 0.222 e. The van der Waals surface area contributed by atoms with Gasteiger partial charge in [-0.15, -0.1) is 0 Å². The molecule has 2 atom stereocenters. The Balaban J connectivity index is 2.10. The third kappa shape index (κ3) is 4.31. The zero-order valence-electron chi connectivity index (χ0n) is 13.7. The molecule has 1 aromatic carbocycles. The molecule has 1 aliphatic heterocycles. The molecule has 1 saturated heterocycles. The second-order valence-electron chi connectivity index (χ2n) is 6.75. The Bertz CT molecular complexity index is 456. The van der Waals surface area contributed by atoms with Crippen LogP contribution in [0.2, 0.25) is 0 Å². The van der Waals surface area contributed by atoms with Crippen molar-refractivity contribution >= 4 is 5.91 Å². The quantitative estimate of drug-likeness (QED) is 0.923. The lowest BCUT2D eigenvalue weighted by Gasteiger charge is -2.40. The van der Waals surface area contributed by atoms with Gasteiger partial charge in [0, 0.05) is 31.1 Å². The molecule has 0 bridgehead atoms. The summed E-state index contributed by atoms with van der Waals surface area (Å²) in [6.45, 7) is 10.4. The number of carbonyl (C=O) groups is 1. The van der Waals surface area contributed by atoms with Crippen molar-refractivity contribution in [3.8, 4) is 0 Å². The second kappa shape index (κ2) is 7.08. The van der Waals surface area contributed by atoms with Crippen LogP contribution in [0.3, 0.4) is 0 Å². The van der Waals surface area contributed by atoms with E-state index < -0.39 is 0 Å². The van der Waals surface area contributed by atoms with Gasteiger partial charge in [0.25, 0.3) is 0 Å². The van der Waals surface area contributed by atoms with Gasteiger partial charge in [-0.2, -0.15) is 0 Å². The molecule has 3 nitrogen and oxygen atoms in total. The van der Waals surface area contributed by atoms with Crippen molar-refractivity contribution in [3.05, 3.63) is 35.9 Å². The minimum atomic E-state index is 0.0506. The highest BCUT2D eigenvalue weighted by Crippen LogP contribution is 2.28. The third-order valence-electron chi connectivity index (χ3n) is 4.35. The zero-order chi connectivity index (χ0) is 15.4. The predicted molar refractivity (Wildman–Crippen MR) is 87.3 cm³/mol. The van der Waals surface area contributed by atoms with Crippen LogP contribution in [0.25, 0.3) is 0 Å². The van der Waals surface area contributed by atoms with Gasteiger partial charge >= 0.3 is 0 Å². The van der Waals surface area contributed by atoms with E-state index in [4.69, 9.17) is 0 Å². The molecule has 0 aromatic heterocycles. The van der Waals surface area contributed by atoms with Crippen molar-refractivity contribution in [2.75, 3.05) is 13.1 Å². The van der Waals surface area contributed by atoms with Gasteiger partial charge in [-0.1, -0.05) is 44.2 Å². The number of amides is 1. The fraction of sp³-hybridized carbons (Fsp3) is 0.611. The summed E-state index contributed by atoms with van der Waals surface area (Å²) < 4.78 is 0. The summed E-state index contributed by atoms with van der Waals surface area (Å²) in [6, 6.07) is 11.4. The van der Waals surface area contributed by atoms with Crippen molar-refractivity contribution in [1.82, 2.24) is 10.2 Å². The van der Waals surface area contributed by atoms with E-state index in [1.54, 1.807) is 0 Å². The number of nitrogens with zero attached hydrogens (tertiary/aromatic N) is 1. The van der Waals surface area contributed by atoms with E-state index in [1.165, 1.54) is 5.56 Å². The monoisotopic (exact) mass is 288 g/mol. The first-order valence-electron chi connectivity index (χ1n) is 8.06. The molecule has 2 unspecified atom stereocenters. The topological polar surface area (TPSA) is 32.3 Å². The van der Waals surface area contributed by atoms with Gasteiger partial charge in [0.1, 0.15) is 0 Å². The highest BCUT2D eigenvalue weighted by molar-refractivity contribution is 5.78. The molecule has 21 heavy (non-hydrogen) atoms. The van der Waals surface area contributed by atoms with E-state index in [-0.39, 0.29) is 17.9 Å². The summed E-state index contributed by atoms with van der Waals surface area (Å²) in [6.07, 6.45) is 1.03. The van der Waals surface area contributed by atoms with E-state index in [0.29, 0.717) is 12.0 Å². The van der Waals surface area contributed by atoms with E-state index in [2.05, 4.69) is 54.4 Å². The maximum absolute atomic E-state index is 12.0. The molecule has 3 heteroatoms. The fourth-order valence-electron chi connectivity index (χ4n) is 2.99. The van der Waals surface area contributed by atoms with Crippen LogP contribution in [0.5, 0.6) is 0 Å². The van der Waals surface area contributed by atoms with Gasteiger partial charge in [0.05, 0.1) is 0 Å². The molecule has 1 N–H and O–H groups in total. The lowest BCUT2D eigenvalue weighted by Crippen LogP contribution is -2.52. The van der Waals surface area contributed by atoms with Crippen molar-refractivity contribution in [1.29, 1.82) is 0 Å². The van der Waals surface area contributed by atoms with Gasteiger partial charge in [-0.05, 0) is 31.7 Å². The van der Waals surface area contributed by atoms with Gasteiger partial charge in [0.2, 0.25) is 5.91 Å². The average Bonchev–Trinajstić information content (AvgIpc) is 2.47. The molecular weight excluding hydrogens is 260 g/mol. The SMILES string of the molecule is CC(C)C(=O)NC1CC(c2ccccc2)CN(C(C)C)C1. The summed E-state index contributed by atoms with van der Waals surface area (Å²) in [5.41, 5.74) is 1.38. The lowest BCUT2D eigenvalue weighted by atomic mass is 9.87. The van der Waals surface area contributed by atoms with Crippen LogP contribution in [-0.4, -0.2) is 36.0 Å². The Kier molecular flexibility index (Phi) is 5.40. The summed E-state index contributed by atoms with van der Waals surface area (Å²) in [5.74, 6) is 0.715. The first-order chi connectivity index (χ1) is 9.97. The maximum atomic E-state index is 12.0. The molecule has 0 spiro atoms. The van der Waals surface area contributed by atoms with E-state index in [1.807, 2.05) is 13.8 Å². The molecule has 0 aliphatic carbocycles. The van der Waals surface area contributed by atoms with Crippen molar-refractivity contribution in [2.24, 2.45) is 5.92 Å². The Morgan fingerprint density at radius 3 is 2.38 bits per heavy atom. The molecule has 1 aliphatic rings. The van der Waals surface area contributed by atoms with Gasteiger partial charge in [-0.3, -0.25) is 9.69 Å². The molecule has 0 radical (unpaired) electrons. The van der Waals surface area contributed by atoms with Crippen LogP contribution in [0.1, 0.15) is 45.6 Å². The molecule has 1 aromatic rings. The summed E-state index contributed by atoms with van der Waals surface area (Å²) >= 11 is 0. The molecule has 1 amide bonds. The van der Waals surface area contributed by atoms with Crippen LogP contribution < -0.4 is 5.32 Å². The highest BCUT2D eigenvalue weighted by atomic mass is 16.1. The first-order valence-corrected chi connectivity index (χ1v) is 8.06. The maximum Gasteiger partial charge on any atom is 0.222 e. The van der Waals surface area contributed by atoms with Crippen LogP contribution in [-0.2, 0) is 4.79 Å². The summed E-state index contributed by atoms with van der Waals surface area (Å²) in [5, 5.41) is 3.22. The lowest BCUT2D eigenvalue weighted by molar-refractivity contribution is -0.125. The second-order valence-corrected chi connectivity index (χ2v) is 6.75. The number of rotatable bonds is 4. The largest absolute Gasteiger partial charge is 0.352 e. The molecule has 116 valence electrons. The molecule has 1 heterocycles. The normalized spacial score (nSPS) is 23.5. The average molecular weight is 288 g/mol. The summed E-state index contributed by atoms with van der Waals surface area (Å²) in [4.78, 5) is 14.5. The van der Waals surface area contributed by atoms with Crippen molar-refractivity contribution in [3.63, 3.8) is 0 Å². The van der Waals surface area contributed by atoms with E-state index in [0.717, 1.165) is 19.5 Å². The van der Waals surface area contributed by atoms with Crippen LogP contribution in [0.4, 0.5) is 0 Å². The molecule has 0 saturated carbocycles. The van der Waals surface area contributed by atoms with Crippen LogP contribution >= 0.6 is 0 Å². The van der Waals surface area contributed by atoms with Gasteiger partial charge in [-0.25, -0.2) is 0 Å². The fourth-order valence-corrected chi connectivity index (χ4v) is 2.99. The molecule has 2 rings (SSSR count). The third-order valence-corrected chi connectivity index (χ3v) is 4.35. The van der Waals surface area contributed by atoms with E-state index in [9.17, 15) is 4.79 Å². The molecular formula is C18H28N2O. The van der Waals surface area contributed by atoms with Gasteiger partial charge < -0.3 is 5.32 Å². The number of carbonyl (C=O) groups excluding carboxylic acids is 1. The van der Waals surface area contributed by atoms with E-state index >= 15 is 0 Å². The summed E-state index contributed by atoms with van der Waals surface area (Å²) in [7, 11) is 0. The van der Waals surface area contributed by atoms with Crippen LogP contribution in [0, 0.1) is 5.92 Å². The predicted octanol–water partition coefficient (Wildman–Crippen LogP) is 3.03. The molecule has 1 fully saturated rings. The zero-order valence-corrected chi connectivity index (χ0v) is 13.7. The van der Waals surface area contributed by atoms with Crippen molar-refractivity contribution in [2.45, 2.75) is 52.1 Å². The minimum Gasteiger partial charge on any atom is -0.352 e. The number of piperidine rings is 1. The standard InChI is InChI=1S/C18H28N2O/c1-13(2)18(21)19-17-10-16(11-20(12-17)14(3)4)15-8-6-5-7-9-15/h5-9,13-14,16-17H,10-12H2,1-4H3,(H,19,21). The number of likely N-dealkylation sites (tertiary alicyclic amines) is 1. The Hall–Kier alpha value is -1.35. The number of hydrogen-bond acceptors (Lipinski definition) is 2. The Morgan fingerprint density at radius 1 is 1.14 bits per heavy atom. The van der Waals surface area contributed by atoms with Crippen molar-refractivity contribution < 1.29 is 4.79 Å². The highest BCUT2D eigenvalue weighted by Gasteiger charge is 2.30. The number of benzene rings is 1. The Labute approximate surface area is 128 Å². The van der Waals surface area contributed by atoms with Crippen LogP contribution in [0.15, 0.2) is 30.3 Å².